The molecule has 0 aromatic heterocycles. The third kappa shape index (κ3) is 2.74. The van der Waals surface area contributed by atoms with Gasteiger partial charge in [0.2, 0.25) is 0 Å². The Hall–Kier alpha value is -0.700. The van der Waals surface area contributed by atoms with Crippen LogP contribution in [0.5, 0.6) is 0 Å². The van der Waals surface area contributed by atoms with Gasteiger partial charge in [0.05, 0.1) is 12.1 Å². The fourth-order valence-corrected chi connectivity index (χ4v) is 1.21. The fourth-order valence-electron chi connectivity index (χ4n) is 0.908. The van der Waals surface area contributed by atoms with E-state index in [9.17, 15) is 3.89 Å². The van der Waals surface area contributed by atoms with E-state index in [4.69, 9.17) is 0 Å². The second-order valence-electron chi connectivity index (χ2n) is 2.50. The largest absolute Gasteiger partial charge is 0.371 e. The van der Waals surface area contributed by atoms with E-state index in [0.717, 1.165) is 12.1 Å². The van der Waals surface area contributed by atoms with Crippen LogP contribution < -0.4 is 5.32 Å². The highest BCUT2D eigenvalue weighted by Crippen LogP contribution is 2.18. The summed E-state index contributed by atoms with van der Waals surface area (Å²) in [7, 11) is 0. The minimum Gasteiger partial charge on any atom is -0.371 e. The molecule has 0 amide bonds. The highest BCUT2D eigenvalue weighted by molar-refractivity contribution is 7.95. The molecule has 0 saturated carbocycles. The average Bonchev–Trinajstić information content (AvgIpc) is 2.16. The van der Waals surface area contributed by atoms with E-state index in [1.165, 1.54) is 0 Å². The molecule has 0 bridgehead atoms. The molecule has 12 heavy (non-hydrogen) atoms. The lowest BCUT2D eigenvalue weighted by Gasteiger charge is -2.12. The van der Waals surface area contributed by atoms with E-state index in [-0.39, 0.29) is 5.37 Å². The maximum atomic E-state index is 12.2. The number of anilines is 1. The number of para-hydroxylation sites is 1. The van der Waals surface area contributed by atoms with Gasteiger partial charge in [-0.05, 0) is 18.6 Å². The first kappa shape index (κ1) is 9.39. The van der Waals surface area contributed by atoms with Gasteiger partial charge in [-0.2, -0.15) is 3.89 Å². The van der Waals surface area contributed by atoms with Gasteiger partial charge in [-0.1, -0.05) is 25.1 Å². The van der Waals surface area contributed by atoms with Crippen molar-refractivity contribution in [2.75, 3.05) is 5.32 Å². The molecule has 0 aliphatic carbocycles. The van der Waals surface area contributed by atoms with Crippen LogP contribution in [0.3, 0.4) is 0 Å². The molecule has 0 radical (unpaired) electrons. The Morgan fingerprint density at radius 1 is 1.42 bits per heavy atom. The van der Waals surface area contributed by atoms with Crippen molar-refractivity contribution in [2.24, 2.45) is 0 Å². The molecule has 0 aliphatic heterocycles. The Labute approximate surface area is 76.7 Å². The zero-order valence-corrected chi connectivity index (χ0v) is 7.77. The smallest absolute Gasteiger partial charge is 0.104 e. The minimum atomic E-state index is -0.132. The van der Waals surface area contributed by atoms with E-state index in [1.54, 1.807) is 0 Å². The summed E-state index contributed by atoms with van der Waals surface area (Å²) in [4.78, 5) is 0. The van der Waals surface area contributed by atoms with Crippen molar-refractivity contribution >= 4 is 17.8 Å². The summed E-state index contributed by atoms with van der Waals surface area (Å²) >= 11 is 0.354. The van der Waals surface area contributed by atoms with Crippen molar-refractivity contribution in [2.45, 2.75) is 18.7 Å². The topological polar surface area (TPSA) is 12.0 Å². The molecule has 66 valence electrons. The minimum absolute atomic E-state index is 0.132. The SMILES string of the molecule is CCC(Nc1ccccc1)SF. The van der Waals surface area contributed by atoms with Gasteiger partial charge in [-0.15, -0.1) is 0 Å². The number of nitrogens with one attached hydrogen (secondary N) is 1. The summed E-state index contributed by atoms with van der Waals surface area (Å²) in [5, 5.41) is 2.93. The maximum Gasteiger partial charge on any atom is 0.104 e. The van der Waals surface area contributed by atoms with Crippen molar-refractivity contribution < 1.29 is 3.89 Å². The third-order valence-electron chi connectivity index (χ3n) is 1.58. The van der Waals surface area contributed by atoms with Gasteiger partial charge in [0, 0.05) is 5.69 Å². The lowest BCUT2D eigenvalue weighted by atomic mass is 10.3. The van der Waals surface area contributed by atoms with E-state index < -0.39 is 0 Å². The van der Waals surface area contributed by atoms with Gasteiger partial charge in [0.25, 0.3) is 0 Å². The average molecular weight is 185 g/mol. The predicted molar refractivity (Wildman–Crippen MR) is 52.8 cm³/mol. The lowest BCUT2D eigenvalue weighted by Crippen LogP contribution is -2.12. The predicted octanol–water partition coefficient (Wildman–Crippen LogP) is 3.45. The summed E-state index contributed by atoms with van der Waals surface area (Å²) in [5.74, 6) is 0. The highest BCUT2D eigenvalue weighted by atomic mass is 32.2. The van der Waals surface area contributed by atoms with Crippen molar-refractivity contribution in [3.8, 4) is 0 Å². The second-order valence-corrected chi connectivity index (χ2v) is 3.24. The second kappa shape index (κ2) is 5.04. The van der Waals surface area contributed by atoms with Crippen molar-refractivity contribution in [3.63, 3.8) is 0 Å². The molecule has 1 nitrogen and oxygen atoms in total. The first-order chi connectivity index (χ1) is 5.86. The highest BCUT2D eigenvalue weighted by Gasteiger charge is 2.04. The van der Waals surface area contributed by atoms with Crippen LogP contribution in [0, 0.1) is 0 Å². The van der Waals surface area contributed by atoms with Crippen LogP contribution in [-0.4, -0.2) is 5.37 Å². The summed E-state index contributed by atoms with van der Waals surface area (Å²) in [6, 6.07) is 9.66. The molecule has 0 fully saturated rings. The van der Waals surface area contributed by atoms with E-state index in [0.29, 0.717) is 12.1 Å². The lowest BCUT2D eigenvalue weighted by molar-refractivity contribution is 0.853. The molecule has 0 spiro atoms. The van der Waals surface area contributed by atoms with E-state index in [1.807, 2.05) is 37.3 Å². The van der Waals surface area contributed by atoms with Crippen molar-refractivity contribution in [1.82, 2.24) is 0 Å². The Morgan fingerprint density at radius 2 is 2.08 bits per heavy atom. The first-order valence-corrected chi connectivity index (χ1v) is 4.73. The number of halogens is 1. The van der Waals surface area contributed by atoms with Crippen LogP contribution in [0.2, 0.25) is 0 Å². The van der Waals surface area contributed by atoms with Crippen LogP contribution >= 0.6 is 12.1 Å². The Bertz CT molecular complexity index is 211. The van der Waals surface area contributed by atoms with Crippen LogP contribution in [-0.2, 0) is 0 Å². The Balaban J connectivity index is 2.51. The fraction of sp³-hybridized carbons (Fsp3) is 0.333. The summed E-state index contributed by atoms with van der Waals surface area (Å²) < 4.78 is 12.2. The number of hydrogen-bond acceptors (Lipinski definition) is 2. The van der Waals surface area contributed by atoms with Gasteiger partial charge in [-0.25, -0.2) is 0 Å². The van der Waals surface area contributed by atoms with Crippen LogP contribution in [0.25, 0.3) is 0 Å². The number of hydrogen-bond donors (Lipinski definition) is 1. The summed E-state index contributed by atoms with van der Waals surface area (Å²) in [6.07, 6.45) is 0.774. The molecule has 3 heteroatoms. The molecular formula is C9H12FNS. The molecule has 1 N–H and O–H groups in total. The summed E-state index contributed by atoms with van der Waals surface area (Å²) in [5.41, 5.74) is 0.967. The molecule has 0 aliphatic rings. The quantitative estimate of drug-likeness (QED) is 0.721. The molecule has 1 aromatic rings. The number of rotatable bonds is 4. The maximum absolute atomic E-state index is 12.2. The third-order valence-corrected chi connectivity index (χ3v) is 2.25. The van der Waals surface area contributed by atoms with Crippen LogP contribution in [0.4, 0.5) is 9.57 Å². The van der Waals surface area contributed by atoms with E-state index in [2.05, 4.69) is 5.32 Å². The standard InChI is InChI=1S/C9H12FNS/c1-2-9(12-10)11-8-6-4-3-5-7-8/h3-7,9,11H,2H2,1H3. The van der Waals surface area contributed by atoms with Crippen molar-refractivity contribution in [1.29, 1.82) is 0 Å². The van der Waals surface area contributed by atoms with Crippen molar-refractivity contribution in [3.05, 3.63) is 30.3 Å². The molecule has 0 heterocycles. The first-order valence-electron chi connectivity index (χ1n) is 3.95. The van der Waals surface area contributed by atoms with Crippen LogP contribution in [0.1, 0.15) is 13.3 Å². The number of benzene rings is 1. The van der Waals surface area contributed by atoms with Gasteiger partial charge in [0.15, 0.2) is 0 Å². The molecular weight excluding hydrogens is 173 g/mol. The van der Waals surface area contributed by atoms with Gasteiger partial charge in [0.1, 0.15) is 5.37 Å². The molecule has 1 rings (SSSR count). The Kier molecular flexibility index (Phi) is 3.94. The molecule has 0 saturated heterocycles. The monoisotopic (exact) mass is 185 g/mol. The van der Waals surface area contributed by atoms with Gasteiger partial charge in [-0.3, -0.25) is 0 Å². The molecule has 1 unspecified atom stereocenters. The van der Waals surface area contributed by atoms with Gasteiger partial charge >= 0.3 is 0 Å². The zero-order valence-electron chi connectivity index (χ0n) is 6.96. The molecule has 1 aromatic carbocycles. The molecule has 1 atom stereocenters. The normalized spacial score (nSPS) is 12.5. The zero-order chi connectivity index (χ0) is 8.81. The van der Waals surface area contributed by atoms with Crippen LogP contribution in [0.15, 0.2) is 30.3 Å². The summed E-state index contributed by atoms with van der Waals surface area (Å²) in [6.45, 7) is 1.95. The Morgan fingerprint density at radius 3 is 2.58 bits per heavy atom. The van der Waals surface area contributed by atoms with E-state index >= 15 is 0 Å². The van der Waals surface area contributed by atoms with Gasteiger partial charge < -0.3 is 5.32 Å².